The Morgan fingerprint density at radius 1 is 0.419 bits per heavy atom. The normalized spacial score (nSPS) is 12.2. The second-order valence-electron chi connectivity index (χ2n) is 11.1. The molecule has 0 bridgehead atoms. The largest absolute Gasteiger partial charge is 0.309 e. The van der Waals surface area contributed by atoms with E-state index in [0.29, 0.717) is 0 Å². The number of imidazole rings is 1. The van der Waals surface area contributed by atoms with Gasteiger partial charge in [0.15, 0.2) is 5.65 Å². The number of nitrogens with zero attached hydrogens (tertiary/aromatic N) is 5. The molecule has 5 aromatic heterocycles. The minimum atomic E-state index is 0.875. The summed E-state index contributed by atoms with van der Waals surface area (Å²) in [7, 11) is 0. The first-order valence-corrected chi connectivity index (χ1v) is 14.5. The molecule has 5 heterocycles. The van der Waals surface area contributed by atoms with Gasteiger partial charge in [-0.1, -0.05) is 60.7 Å². The molecule has 43 heavy (non-hydrogen) atoms. The molecule has 0 radical (unpaired) electrons. The van der Waals surface area contributed by atoms with Crippen molar-refractivity contribution in [3.8, 4) is 11.4 Å². The maximum absolute atomic E-state index is 4.75. The van der Waals surface area contributed by atoms with Crippen LogP contribution >= 0.6 is 0 Å². The van der Waals surface area contributed by atoms with Gasteiger partial charge in [-0.2, -0.15) is 0 Å². The average molecular weight is 550 g/mol. The van der Waals surface area contributed by atoms with Crippen LogP contribution < -0.4 is 0 Å². The number of benzene rings is 5. The Bertz CT molecular complexity index is 2710. The van der Waals surface area contributed by atoms with Crippen LogP contribution in [0.25, 0.3) is 82.4 Å². The predicted molar refractivity (Wildman–Crippen MR) is 177 cm³/mol. The van der Waals surface area contributed by atoms with Crippen molar-refractivity contribution >= 4 is 71.1 Å². The van der Waals surface area contributed by atoms with Gasteiger partial charge in [0.25, 0.3) is 0 Å². The molecule has 0 aliphatic heterocycles. The number of para-hydroxylation sites is 3. The highest BCUT2D eigenvalue weighted by Gasteiger charge is 2.22. The molecular formula is C38H23N5. The lowest BCUT2D eigenvalue weighted by Gasteiger charge is -2.11. The lowest BCUT2D eigenvalue weighted by Crippen LogP contribution is -1.95. The van der Waals surface area contributed by atoms with Crippen molar-refractivity contribution in [1.82, 2.24) is 23.5 Å². The van der Waals surface area contributed by atoms with E-state index < -0.39 is 0 Å². The fraction of sp³-hybridized carbons (Fsp3) is 0. The summed E-state index contributed by atoms with van der Waals surface area (Å²) in [6.45, 7) is 0. The van der Waals surface area contributed by atoms with Gasteiger partial charge in [0.2, 0.25) is 0 Å². The van der Waals surface area contributed by atoms with Gasteiger partial charge in [-0.05, 0) is 60.7 Å². The third kappa shape index (κ3) is 2.95. The van der Waals surface area contributed by atoms with E-state index in [1.807, 2.05) is 24.7 Å². The summed E-state index contributed by atoms with van der Waals surface area (Å²) in [5, 5.41) is 7.24. The lowest BCUT2D eigenvalue weighted by atomic mass is 10.0. The van der Waals surface area contributed by atoms with Crippen molar-refractivity contribution in [2.24, 2.45) is 0 Å². The van der Waals surface area contributed by atoms with Crippen LogP contribution in [0.3, 0.4) is 0 Å². The van der Waals surface area contributed by atoms with Crippen molar-refractivity contribution in [2.45, 2.75) is 0 Å². The van der Waals surface area contributed by atoms with Gasteiger partial charge in [-0.3, -0.25) is 9.38 Å². The Balaban J connectivity index is 1.49. The van der Waals surface area contributed by atoms with E-state index in [-0.39, 0.29) is 0 Å². The van der Waals surface area contributed by atoms with Crippen molar-refractivity contribution in [3.05, 3.63) is 140 Å². The van der Waals surface area contributed by atoms with Gasteiger partial charge in [-0.15, -0.1) is 0 Å². The molecule has 5 aromatic carbocycles. The fourth-order valence-corrected chi connectivity index (χ4v) is 7.20. The van der Waals surface area contributed by atoms with Crippen molar-refractivity contribution < 1.29 is 0 Å². The number of pyridine rings is 2. The molecule has 5 heteroatoms. The van der Waals surface area contributed by atoms with Crippen LogP contribution in [0.15, 0.2) is 140 Å². The van der Waals surface area contributed by atoms with E-state index in [0.717, 1.165) is 38.8 Å². The standard InChI is InChI=1S/C38H23N5/c1-3-10-24(11-4-1)42-30-16-8-7-14-27(30)35-31(42)17-18-32-36(35)29-23-33-28(22-34(29)43(32)25-12-5-2-6-13-25)26-15-9-19-39-37(26)38-40-20-21-41(33)38/h1-23H. The Morgan fingerprint density at radius 3 is 1.81 bits per heavy atom. The molecule has 10 rings (SSSR count). The molecule has 10 aromatic rings. The zero-order valence-corrected chi connectivity index (χ0v) is 23.0. The number of aromatic nitrogens is 5. The van der Waals surface area contributed by atoms with Gasteiger partial charge in [-0.25, -0.2) is 4.98 Å². The van der Waals surface area contributed by atoms with Crippen molar-refractivity contribution in [2.75, 3.05) is 0 Å². The summed E-state index contributed by atoms with van der Waals surface area (Å²) in [5.41, 5.74) is 9.95. The minimum Gasteiger partial charge on any atom is -0.309 e. The molecule has 5 nitrogen and oxygen atoms in total. The van der Waals surface area contributed by atoms with E-state index in [4.69, 9.17) is 9.97 Å². The Kier molecular flexibility index (Phi) is 4.39. The highest BCUT2D eigenvalue weighted by Crippen LogP contribution is 2.44. The zero-order chi connectivity index (χ0) is 28.1. The first-order chi connectivity index (χ1) is 21.4. The Labute approximate surface area is 245 Å². The molecule has 0 atom stereocenters. The SMILES string of the molecule is c1ccc(-n2c3ccccc3c3c4c5cc6c(cc5n(-c5ccccc5)c4ccc32)c2cccnc2c2nccn62)cc1. The third-order valence-electron chi connectivity index (χ3n) is 8.92. The van der Waals surface area contributed by atoms with Crippen LogP contribution in [0.5, 0.6) is 0 Å². The number of rotatable bonds is 2. The second kappa shape index (κ2) is 8.30. The second-order valence-corrected chi connectivity index (χ2v) is 11.1. The lowest BCUT2D eigenvalue weighted by molar-refractivity contribution is 1.17. The highest BCUT2D eigenvalue weighted by atomic mass is 15.0. The fourth-order valence-electron chi connectivity index (χ4n) is 7.20. The summed E-state index contributed by atoms with van der Waals surface area (Å²) in [5.74, 6) is 0. The molecule has 0 amide bonds. The highest BCUT2D eigenvalue weighted by molar-refractivity contribution is 6.30. The number of fused-ring (bicyclic) bond motifs is 13. The molecule has 0 saturated heterocycles. The molecule has 0 aliphatic carbocycles. The number of hydrogen-bond acceptors (Lipinski definition) is 2. The summed E-state index contributed by atoms with van der Waals surface area (Å²) < 4.78 is 6.99. The van der Waals surface area contributed by atoms with Crippen LogP contribution in [-0.4, -0.2) is 23.5 Å². The van der Waals surface area contributed by atoms with E-state index >= 15 is 0 Å². The summed E-state index contributed by atoms with van der Waals surface area (Å²) in [4.78, 5) is 9.46. The Morgan fingerprint density at radius 2 is 1.05 bits per heavy atom. The van der Waals surface area contributed by atoms with Gasteiger partial charge < -0.3 is 9.13 Å². The summed E-state index contributed by atoms with van der Waals surface area (Å²) in [6.07, 6.45) is 5.76. The summed E-state index contributed by atoms with van der Waals surface area (Å²) >= 11 is 0. The zero-order valence-electron chi connectivity index (χ0n) is 23.0. The first-order valence-electron chi connectivity index (χ1n) is 14.5. The van der Waals surface area contributed by atoms with Gasteiger partial charge in [0.1, 0.15) is 5.52 Å². The van der Waals surface area contributed by atoms with E-state index in [1.165, 1.54) is 43.6 Å². The van der Waals surface area contributed by atoms with Gasteiger partial charge >= 0.3 is 0 Å². The third-order valence-corrected chi connectivity index (χ3v) is 8.92. The smallest absolute Gasteiger partial charge is 0.163 e. The van der Waals surface area contributed by atoms with E-state index in [2.05, 4.69) is 129 Å². The minimum absolute atomic E-state index is 0.875. The molecule has 0 saturated carbocycles. The van der Waals surface area contributed by atoms with Gasteiger partial charge in [0.05, 0.1) is 27.6 Å². The van der Waals surface area contributed by atoms with Crippen LogP contribution in [0.1, 0.15) is 0 Å². The number of hydrogen-bond donors (Lipinski definition) is 0. The van der Waals surface area contributed by atoms with Crippen molar-refractivity contribution in [3.63, 3.8) is 0 Å². The Hall–Kier alpha value is -5.94. The molecule has 0 N–H and O–H groups in total. The van der Waals surface area contributed by atoms with Crippen LogP contribution in [0.4, 0.5) is 0 Å². The van der Waals surface area contributed by atoms with Crippen LogP contribution in [-0.2, 0) is 0 Å². The van der Waals surface area contributed by atoms with Crippen LogP contribution in [0.2, 0.25) is 0 Å². The van der Waals surface area contributed by atoms with Gasteiger partial charge in [0, 0.05) is 62.3 Å². The van der Waals surface area contributed by atoms with Crippen LogP contribution in [0, 0.1) is 0 Å². The predicted octanol–water partition coefficient (Wildman–Crippen LogP) is 9.23. The maximum Gasteiger partial charge on any atom is 0.163 e. The molecular weight excluding hydrogens is 526 g/mol. The van der Waals surface area contributed by atoms with Crippen molar-refractivity contribution in [1.29, 1.82) is 0 Å². The topological polar surface area (TPSA) is 40.0 Å². The summed E-state index contributed by atoms with van der Waals surface area (Å²) in [6, 6.07) is 43.6. The molecule has 0 fully saturated rings. The van der Waals surface area contributed by atoms with E-state index in [9.17, 15) is 0 Å². The average Bonchev–Trinajstić information content (AvgIpc) is 3.78. The molecule has 0 unspecified atom stereocenters. The quantitative estimate of drug-likeness (QED) is 0.202. The molecule has 0 aliphatic rings. The maximum atomic E-state index is 4.75. The molecule has 0 spiro atoms. The molecule has 200 valence electrons. The van der Waals surface area contributed by atoms with E-state index in [1.54, 1.807) is 0 Å². The monoisotopic (exact) mass is 549 g/mol. The first kappa shape index (κ1) is 22.7.